The zero-order valence-corrected chi connectivity index (χ0v) is 7.79. The average molecular weight is 188 g/mol. The predicted molar refractivity (Wildman–Crippen MR) is 56.4 cm³/mol. The van der Waals surface area contributed by atoms with Crippen molar-refractivity contribution in [3.05, 3.63) is 29.8 Å². The third kappa shape index (κ3) is 3.20. The Labute approximate surface area is 83.3 Å². The van der Waals surface area contributed by atoms with Gasteiger partial charge in [-0.15, -0.1) is 6.42 Å². The molecule has 1 rings (SSSR count). The van der Waals surface area contributed by atoms with Crippen LogP contribution in [-0.4, -0.2) is 12.5 Å². The molecule has 0 aromatic heterocycles. The summed E-state index contributed by atoms with van der Waals surface area (Å²) in [6.07, 6.45) is 5.32. The first-order valence-electron chi connectivity index (χ1n) is 4.27. The van der Waals surface area contributed by atoms with Crippen molar-refractivity contribution in [3.63, 3.8) is 0 Å². The summed E-state index contributed by atoms with van der Waals surface area (Å²) < 4.78 is 0. The second-order valence-corrected chi connectivity index (χ2v) is 2.90. The van der Waals surface area contributed by atoms with Crippen LogP contribution in [0, 0.1) is 12.3 Å². The highest BCUT2D eigenvalue weighted by molar-refractivity contribution is 5.79. The average Bonchev–Trinajstić information content (AvgIpc) is 2.15. The molecule has 1 aromatic carbocycles. The number of benzene rings is 1. The molecule has 3 N–H and O–H groups in total. The lowest BCUT2D eigenvalue weighted by atomic mass is 10.1. The van der Waals surface area contributed by atoms with E-state index in [1.807, 2.05) is 12.1 Å². The molecule has 0 bridgehead atoms. The fourth-order valence-electron chi connectivity index (χ4n) is 1.10. The van der Waals surface area contributed by atoms with E-state index in [4.69, 9.17) is 12.2 Å². The van der Waals surface area contributed by atoms with Crippen molar-refractivity contribution in [2.75, 3.05) is 12.3 Å². The smallest absolute Gasteiger partial charge is 0.225 e. The first-order chi connectivity index (χ1) is 6.72. The van der Waals surface area contributed by atoms with Crippen molar-refractivity contribution >= 4 is 11.6 Å². The molecule has 0 aliphatic carbocycles. The monoisotopic (exact) mass is 188 g/mol. The number of carbonyl (C=O) groups is 1. The summed E-state index contributed by atoms with van der Waals surface area (Å²) in [6.45, 7) is 0.265. The van der Waals surface area contributed by atoms with Crippen molar-refractivity contribution in [2.24, 2.45) is 0 Å². The second-order valence-electron chi connectivity index (χ2n) is 2.90. The third-order valence-corrected chi connectivity index (χ3v) is 1.70. The highest BCUT2D eigenvalue weighted by Crippen LogP contribution is 2.06. The van der Waals surface area contributed by atoms with E-state index in [9.17, 15) is 4.79 Å². The number of nitrogens with two attached hydrogens (primary N) is 1. The maximum atomic E-state index is 11.2. The summed E-state index contributed by atoms with van der Waals surface area (Å²) in [4.78, 5) is 11.2. The Balaban J connectivity index is 2.53. The van der Waals surface area contributed by atoms with Gasteiger partial charge in [0.05, 0.1) is 13.0 Å². The molecule has 14 heavy (non-hydrogen) atoms. The molecule has 0 fully saturated rings. The summed E-state index contributed by atoms with van der Waals surface area (Å²) in [5.74, 6) is 2.25. The molecular formula is C11H12N2O. The van der Waals surface area contributed by atoms with E-state index in [0.717, 1.165) is 5.56 Å². The van der Waals surface area contributed by atoms with Gasteiger partial charge >= 0.3 is 0 Å². The van der Waals surface area contributed by atoms with Crippen molar-refractivity contribution < 1.29 is 4.79 Å². The van der Waals surface area contributed by atoms with Gasteiger partial charge in [-0.3, -0.25) is 4.79 Å². The van der Waals surface area contributed by atoms with E-state index < -0.39 is 0 Å². The summed E-state index contributed by atoms with van der Waals surface area (Å²) in [5.41, 5.74) is 7.12. The van der Waals surface area contributed by atoms with E-state index in [0.29, 0.717) is 12.1 Å². The van der Waals surface area contributed by atoms with Crippen LogP contribution in [0.2, 0.25) is 0 Å². The van der Waals surface area contributed by atoms with Gasteiger partial charge in [0.25, 0.3) is 0 Å². The number of carbonyl (C=O) groups excluding carboxylic acids is 1. The molecule has 0 aliphatic heterocycles. The molecule has 1 amide bonds. The minimum absolute atomic E-state index is 0.0893. The van der Waals surface area contributed by atoms with Crippen molar-refractivity contribution in [3.8, 4) is 12.3 Å². The Morgan fingerprint density at radius 2 is 2.36 bits per heavy atom. The highest BCUT2D eigenvalue weighted by atomic mass is 16.1. The van der Waals surface area contributed by atoms with Crippen LogP contribution in [0.3, 0.4) is 0 Å². The van der Waals surface area contributed by atoms with Gasteiger partial charge in [0.2, 0.25) is 5.91 Å². The van der Waals surface area contributed by atoms with Crippen LogP contribution in [0.4, 0.5) is 5.69 Å². The van der Waals surface area contributed by atoms with E-state index in [-0.39, 0.29) is 12.5 Å². The normalized spacial score (nSPS) is 9.07. The van der Waals surface area contributed by atoms with Gasteiger partial charge in [0.1, 0.15) is 0 Å². The first kappa shape index (κ1) is 10.1. The van der Waals surface area contributed by atoms with Crippen LogP contribution in [0.25, 0.3) is 0 Å². The minimum Gasteiger partial charge on any atom is -0.399 e. The largest absolute Gasteiger partial charge is 0.399 e. The van der Waals surface area contributed by atoms with E-state index in [1.165, 1.54) is 0 Å². The Morgan fingerprint density at radius 3 is 3.00 bits per heavy atom. The molecule has 0 spiro atoms. The van der Waals surface area contributed by atoms with E-state index in [2.05, 4.69) is 11.2 Å². The maximum Gasteiger partial charge on any atom is 0.225 e. The molecule has 0 heterocycles. The van der Waals surface area contributed by atoms with Crippen LogP contribution in [0.1, 0.15) is 5.56 Å². The first-order valence-corrected chi connectivity index (χ1v) is 4.27. The molecule has 0 radical (unpaired) electrons. The third-order valence-electron chi connectivity index (χ3n) is 1.70. The van der Waals surface area contributed by atoms with Gasteiger partial charge in [-0.2, -0.15) is 0 Å². The number of nitrogen functional groups attached to an aromatic ring is 1. The predicted octanol–water partition coefficient (Wildman–Crippen LogP) is 0.561. The summed E-state index contributed by atoms with van der Waals surface area (Å²) >= 11 is 0. The fraction of sp³-hybridized carbons (Fsp3) is 0.182. The SMILES string of the molecule is C#CCNC(=O)Cc1cccc(N)c1. The Kier molecular flexibility index (Phi) is 3.57. The fourth-order valence-corrected chi connectivity index (χ4v) is 1.10. The molecule has 1 aromatic rings. The van der Waals surface area contributed by atoms with Crippen LogP contribution in [-0.2, 0) is 11.2 Å². The number of hydrogen-bond acceptors (Lipinski definition) is 2. The number of rotatable bonds is 3. The van der Waals surface area contributed by atoms with Crippen molar-refractivity contribution in [2.45, 2.75) is 6.42 Å². The summed E-state index contributed by atoms with van der Waals surface area (Å²) in [7, 11) is 0. The molecule has 0 saturated heterocycles. The molecule has 0 atom stereocenters. The molecule has 3 nitrogen and oxygen atoms in total. The molecule has 0 unspecified atom stereocenters. The summed E-state index contributed by atoms with van der Waals surface area (Å²) in [5, 5.41) is 2.58. The molecular weight excluding hydrogens is 176 g/mol. The van der Waals surface area contributed by atoms with Gasteiger partial charge in [0, 0.05) is 5.69 Å². The van der Waals surface area contributed by atoms with Crippen LogP contribution in [0.15, 0.2) is 24.3 Å². The van der Waals surface area contributed by atoms with Gasteiger partial charge < -0.3 is 11.1 Å². The summed E-state index contributed by atoms with van der Waals surface area (Å²) in [6, 6.07) is 7.23. The zero-order valence-electron chi connectivity index (χ0n) is 7.79. The lowest BCUT2D eigenvalue weighted by Crippen LogP contribution is -2.25. The van der Waals surface area contributed by atoms with Crippen LogP contribution in [0.5, 0.6) is 0 Å². The van der Waals surface area contributed by atoms with Gasteiger partial charge in [-0.1, -0.05) is 18.1 Å². The number of terminal acetylenes is 1. The van der Waals surface area contributed by atoms with Crippen molar-refractivity contribution in [1.29, 1.82) is 0 Å². The van der Waals surface area contributed by atoms with E-state index >= 15 is 0 Å². The number of hydrogen-bond donors (Lipinski definition) is 2. The van der Waals surface area contributed by atoms with Crippen molar-refractivity contribution in [1.82, 2.24) is 5.32 Å². The topological polar surface area (TPSA) is 55.1 Å². The number of nitrogens with one attached hydrogen (secondary N) is 1. The van der Waals surface area contributed by atoms with E-state index in [1.54, 1.807) is 12.1 Å². The Bertz CT molecular complexity index is 366. The minimum atomic E-state index is -0.0893. The van der Waals surface area contributed by atoms with Gasteiger partial charge in [-0.05, 0) is 17.7 Å². The highest BCUT2D eigenvalue weighted by Gasteiger charge is 2.01. The molecule has 72 valence electrons. The van der Waals surface area contributed by atoms with Crippen LogP contribution < -0.4 is 11.1 Å². The standard InChI is InChI=1S/C11H12N2O/c1-2-6-13-11(14)8-9-4-3-5-10(12)7-9/h1,3-5,7H,6,8,12H2,(H,13,14). The van der Waals surface area contributed by atoms with Gasteiger partial charge in [-0.25, -0.2) is 0 Å². The quantitative estimate of drug-likeness (QED) is 0.538. The molecule has 0 saturated carbocycles. The lowest BCUT2D eigenvalue weighted by Gasteiger charge is -2.02. The Hall–Kier alpha value is -1.95. The molecule has 0 aliphatic rings. The second kappa shape index (κ2) is 4.93. The Morgan fingerprint density at radius 1 is 1.57 bits per heavy atom. The van der Waals surface area contributed by atoms with Crippen LogP contribution >= 0.6 is 0 Å². The zero-order chi connectivity index (χ0) is 10.4. The number of amides is 1. The van der Waals surface area contributed by atoms with Gasteiger partial charge in [0.15, 0.2) is 0 Å². The lowest BCUT2D eigenvalue weighted by molar-refractivity contribution is -0.120. The number of anilines is 1. The maximum absolute atomic E-state index is 11.2. The molecule has 3 heteroatoms.